The highest BCUT2D eigenvalue weighted by Gasteiger charge is 2.24. The topological polar surface area (TPSA) is 38.7 Å². The monoisotopic (exact) mass is 236 g/mol. The Balaban J connectivity index is 2.17. The summed E-state index contributed by atoms with van der Waals surface area (Å²) in [5.74, 6) is 2.00. The van der Waals surface area contributed by atoms with Gasteiger partial charge in [0.1, 0.15) is 0 Å². The summed E-state index contributed by atoms with van der Waals surface area (Å²) in [6.45, 7) is 0. The minimum Gasteiger partial charge on any atom is -0.493 e. The van der Waals surface area contributed by atoms with Crippen LogP contribution in [0, 0.1) is 5.92 Å². The van der Waals surface area contributed by atoms with Crippen LogP contribution in [0.1, 0.15) is 37.4 Å². The van der Waals surface area contributed by atoms with Gasteiger partial charge in [0.2, 0.25) is 0 Å². The average Bonchev–Trinajstić information content (AvgIpc) is 2.32. The maximum Gasteiger partial charge on any atom is 0.166 e. The Bertz CT molecular complexity index is 372. The molecule has 1 aliphatic rings. The summed E-state index contributed by atoms with van der Waals surface area (Å²) < 4.78 is 10.6. The van der Waals surface area contributed by atoms with Gasteiger partial charge < -0.3 is 14.6 Å². The number of benzene rings is 1. The molecule has 17 heavy (non-hydrogen) atoms. The van der Waals surface area contributed by atoms with E-state index >= 15 is 0 Å². The van der Waals surface area contributed by atoms with E-state index < -0.39 is 6.10 Å². The fraction of sp³-hybridized carbons (Fsp3) is 0.571. The number of para-hydroxylation sites is 1. The molecule has 1 aromatic rings. The normalized spacial score (nSPS) is 17.4. The Morgan fingerprint density at radius 3 is 2.59 bits per heavy atom. The Hall–Kier alpha value is -1.22. The zero-order chi connectivity index (χ0) is 12.3. The molecule has 3 heteroatoms. The predicted molar refractivity (Wildman–Crippen MR) is 66.5 cm³/mol. The number of aliphatic hydroxyl groups is 1. The van der Waals surface area contributed by atoms with Gasteiger partial charge in [-0.05, 0) is 18.4 Å². The van der Waals surface area contributed by atoms with Crippen molar-refractivity contribution in [3.8, 4) is 11.5 Å². The van der Waals surface area contributed by atoms with Gasteiger partial charge in [0.15, 0.2) is 11.5 Å². The summed E-state index contributed by atoms with van der Waals surface area (Å²) in [6, 6.07) is 5.64. The van der Waals surface area contributed by atoms with Crippen molar-refractivity contribution >= 4 is 0 Å². The molecule has 1 saturated carbocycles. The zero-order valence-electron chi connectivity index (χ0n) is 10.5. The fourth-order valence-corrected chi connectivity index (χ4v) is 2.35. The van der Waals surface area contributed by atoms with E-state index in [9.17, 15) is 5.11 Å². The quantitative estimate of drug-likeness (QED) is 0.854. The van der Waals surface area contributed by atoms with Crippen LogP contribution in [0.2, 0.25) is 0 Å². The van der Waals surface area contributed by atoms with Gasteiger partial charge in [0.05, 0.1) is 20.3 Å². The van der Waals surface area contributed by atoms with Gasteiger partial charge in [-0.2, -0.15) is 0 Å². The molecule has 94 valence electrons. The summed E-state index contributed by atoms with van der Waals surface area (Å²) in [5, 5.41) is 10.3. The number of aliphatic hydroxyl groups excluding tert-OH is 1. The molecule has 1 fully saturated rings. The molecule has 0 saturated heterocycles. The van der Waals surface area contributed by atoms with Crippen molar-refractivity contribution in [1.29, 1.82) is 0 Å². The first-order valence-corrected chi connectivity index (χ1v) is 6.15. The molecule has 1 aromatic carbocycles. The molecule has 0 spiro atoms. The molecule has 1 aliphatic carbocycles. The largest absolute Gasteiger partial charge is 0.493 e. The van der Waals surface area contributed by atoms with Gasteiger partial charge in [-0.3, -0.25) is 0 Å². The predicted octanol–water partition coefficient (Wildman–Crippen LogP) is 2.93. The van der Waals surface area contributed by atoms with Crippen molar-refractivity contribution in [3.05, 3.63) is 23.8 Å². The Morgan fingerprint density at radius 1 is 1.29 bits per heavy atom. The van der Waals surface area contributed by atoms with Crippen molar-refractivity contribution in [2.45, 2.75) is 31.8 Å². The van der Waals surface area contributed by atoms with Crippen molar-refractivity contribution < 1.29 is 14.6 Å². The van der Waals surface area contributed by atoms with Crippen molar-refractivity contribution in [2.24, 2.45) is 5.92 Å². The number of hydrogen-bond donors (Lipinski definition) is 1. The Morgan fingerprint density at radius 2 is 2.06 bits per heavy atom. The van der Waals surface area contributed by atoms with Gasteiger partial charge in [-0.15, -0.1) is 0 Å². The van der Waals surface area contributed by atoms with Crippen LogP contribution in [0.3, 0.4) is 0 Å². The lowest BCUT2D eigenvalue weighted by molar-refractivity contribution is 0.115. The number of methoxy groups -OCH3 is 2. The lowest BCUT2D eigenvalue weighted by atomic mass is 9.80. The molecule has 1 unspecified atom stereocenters. The van der Waals surface area contributed by atoms with Crippen molar-refractivity contribution in [2.75, 3.05) is 14.2 Å². The van der Waals surface area contributed by atoms with Crippen LogP contribution in [0.15, 0.2) is 18.2 Å². The maximum absolute atomic E-state index is 10.3. The average molecular weight is 236 g/mol. The fourth-order valence-electron chi connectivity index (χ4n) is 2.35. The zero-order valence-corrected chi connectivity index (χ0v) is 10.5. The van der Waals surface area contributed by atoms with Crippen molar-refractivity contribution in [1.82, 2.24) is 0 Å². The lowest BCUT2D eigenvalue weighted by Gasteiger charge is -2.28. The molecule has 0 aromatic heterocycles. The van der Waals surface area contributed by atoms with Crippen LogP contribution >= 0.6 is 0 Å². The van der Waals surface area contributed by atoms with E-state index in [1.54, 1.807) is 14.2 Å². The van der Waals surface area contributed by atoms with E-state index in [0.717, 1.165) is 12.0 Å². The Kier molecular flexibility index (Phi) is 3.89. The van der Waals surface area contributed by atoms with Crippen molar-refractivity contribution in [3.63, 3.8) is 0 Å². The van der Waals surface area contributed by atoms with E-state index in [-0.39, 0.29) is 0 Å². The molecule has 0 aliphatic heterocycles. The second kappa shape index (κ2) is 5.41. The van der Waals surface area contributed by atoms with Gasteiger partial charge in [-0.1, -0.05) is 31.4 Å². The molecular weight excluding hydrogens is 216 g/mol. The molecule has 0 radical (unpaired) electrons. The van der Waals surface area contributed by atoms with Crippen LogP contribution in [-0.2, 0) is 0 Å². The van der Waals surface area contributed by atoms with E-state index in [1.165, 1.54) is 19.3 Å². The van der Waals surface area contributed by atoms with Crippen LogP contribution in [0.25, 0.3) is 0 Å². The highest BCUT2D eigenvalue weighted by atomic mass is 16.5. The molecule has 1 N–H and O–H groups in total. The first-order chi connectivity index (χ1) is 8.26. The van der Waals surface area contributed by atoms with Crippen LogP contribution in [0.4, 0.5) is 0 Å². The maximum atomic E-state index is 10.3. The first kappa shape index (κ1) is 12.2. The molecule has 1 atom stereocenters. The standard InChI is InChI=1S/C14H20O3/c1-16-13-8-4-7-11(14(13)17-2)12(15)9-10-5-3-6-10/h4,7-8,10,12,15H,3,5-6,9H2,1-2H3. The molecule has 0 heterocycles. The molecule has 0 bridgehead atoms. The summed E-state index contributed by atoms with van der Waals surface area (Å²) in [4.78, 5) is 0. The van der Waals surface area contributed by atoms with Gasteiger partial charge in [0, 0.05) is 5.56 Å². The summed E-state index contributed by atoms with van der Waals surface area (Å²) in [7, 11) is 3.22. The second-order valence-corrected chi connectivity index (χ2v) is 4.63. The third-order valence-electron chi connectivity index (χ3n) is 3.57. The third-order valence-corrected chi connectivity index (χ3v) is 3.57. The summed E-state index contributed by atoms with van der Waals surface area (Å²) in [6.07, 6.45) is 4.15. The van der Waals surface area contributed by atoms with Crippen LogP contribution in [0.5, 0.6) is 11.5 Å². The van der Waals surface area contributed by atoms with Gasteiger partial charge >= 0.3 is 0 Å². The molecule has 2 rings (SSSR count). The Labute approximate surface area is 102 Å². The highest BCUT2D eigenvalue weighted by molar-refractivity contribution is 5.47. The number of ether oxygens (including phenoxy) is 2. The van der Waals surface area contributed by atoms with E-state index in [0.29, 0.717) is 17.4 Å². The molecule has 0 amide bonds. The number of rotatable bonds is 5. The van der Waals surface area contributed by atoms with E-state index in [2.05, 4.69) is 0 Å². The van der Waals surface area contributed by atoms with Crippen LogP contribution < -0.4 is 9.47 Å². The molecular formula is C14H20O3. The smallest absolute Gasteiger partial charge is 0.166 e. The van der Waals surface area contributed by atoms with Crippen LogP contribution in [-0.4, -0.2) is 19.3 Å². The lowest BCUT2D eigenvalue weighted by Crippen LogP contribution is -2.15. The minimum atomic E-state index is -0.453. The minimum absolute atomic E-state index is 0.453. The number of hydrogen-bond acceptors (Lipinski definition) is 3. The van der Waals surface area contributed by atoms with E-state index in [1.807, 2.05) is 18.2 Å². The second-order valence-electron chi connectivity index (χ2n) is 4.63. The highest BCUT2D eigenvalue weighted by Crippen LogP contribution is 2.40. The third kappa shape index (κ3) is 2.55. The first-order valence-electron chi connectivity index (χ1n) is 6.15. The SMILES string of the molecule is COc1cccc(C(O)CC2CCC2)c1OC. The van der Waals surface area contributed by atoms with Gasteiger partial charge in [-0.25, -0.2) is 0 Å². The molecule has 3 nitrogen and oxygen atoms in total. The summed E-state index contributed by atoms with van der Waals surface area (Å²) in [5.41, 5.74) is 0.832. The van der Waals surface area contributed by atoms with Gasteiger partial charge in [0.25, 0.3) is 0 Å². The summed E-state index contributed by atoms with van der Waals surface area (Å²) >= 11 is 0. The van der Waals surface area contributed by atoms with E-state index in [4.69, 9.17) is 9.47 Å².